The molecule has 3 aromatic carbocycles. The molecule has 4 heteroatoms. The Labute approximate surface area is 176 Å². The lowest BCUT2D eigenvalue weighted by atomic mass is 10.0. The highest BCUT2D eigenvalue weighted by atomic mass is 16.5. The fraction of sp³-hybridized carbons (Fsp3) is 0.154. The number of methoxy groups -OCH3 is 3. The van der Waals surface area contributed by atoms with E-state index in [1.54, 1.807) is 21.3 Å². The van der Waals surface area contributed by atoms with Crippen LogP contribution in [0.1, 0.15) is 16.7 Å². The zero-order valence-corrected chi connectivity index (χ0v) is 17.6. The first kappa shape index (κ1) is 19.6. The number of furan rings is 1. The molecule has 0 radical (unpaired) electrons. The van der Waals surface area contributed by atoms with Gasteiger partial charge in [-0.05, 0) is 67.1 Å². The van der Waals surface area contributed by atoms with Crippen molar-refractivity contribution in [3.8, 4) is 28.6 Å². The Morgan fingerprint density at radius 2 is 1.37 bits per heavy atom. The van der Waals surface area contributed by atoms with Crippen LogP contribution in [-0.2, 0) is 0 Å². The smallest absolute Gasteiger partial charge is 0.142 e. The van der Waals surface area contributed by atoms with E-state index in [1.807, 2.05) is 54.6 Å². The molecule has 0 fully saturated rings. The molecule has 4 aromatic rings. The predicted molar refractivity (Wildman–Crippen MR) is 121 cm³/mol. The van der Waals surface area contributed by atoms with Crippen molar-refractivity contribution < 1.29 is 18.6 Å². The van der Waals surface area contributed by atoms with Gasteiger partial charge < -0.3 is 18.6 Å². The van der Waals surface area contributed by atoms with Crippen molar-refractivity contribution in [3.63, 3.8) is 0 Å². The molecule has 0 amide bonds. The Kier molecular flexibility index (Phi) is 5.48. The monoisotopic (exact) mass is 400 g/mol. The second-order valence-electron chi connectivity index (χ2n) is 7.05. The predicted octanol–water partition coefficient (Wildman–Crippen LogP) is 6.60. The number of hydrogen-bond acceptors (Lipinski definition) is 4. The maximum absolute atomic E-state index is 6.25. The standard InChI is InChI=1S/C26H24O4/c1-17-5-12-25-24(13-17)23(26(30-25)19-7-9-20(27-2)10-8-19)11-6-18-14-21(28-3)16-22(15-18)29-4/h5-16H,1-4H3. The van der Waals surface area contributed by atoms with E-state index >= 15 is 0 Å². The fourth-order valence-electron chi connectivity index (χ4n) is 3.46. The highest BCUT2D eigenvalue weighted by molar-refractivity contribution is 5.97. The lowest BCUT2D eigenvalue weighted by Crippen LogP contribution is -1.88. The molecule has 1 aromatic heterocycles. The molecular formula is C26H24O4. The van der Waals surface area contributed by atoms with Crippen molar-refractivity contribution in [2.45, 2.75) is 6.92 Å². The summed E-state index contributed by atoms with van der Waals surface area (Å²) in [6.07, 6.45) is 4.13. The molecular weight excluding hydrogens is 376 g/mol. The molecule has 1 heterocycles. The Morgan fingerprint density at radius 3 is 2.00 bits per heavy atom. The van der Waals surface area contributed by atoms with Gasteiger partial charge in [-0.1, -0.05) is 17.7 Å². The summed E-state index contributed by atoms with van der Waals surface area (Å²) < 4.78 is 22.3. The molecule has 0 aliphatic heterocycles. The van der Waals surface area contributed by atoms with Crippen LogP contribution in [0.25, 0.3) is 34.4 Å². The van der Waals surface area contributed by atoms with Gasteiger partial charge in [0, 0.05) is 22.6 Å². The molecule has 4 nitrogen and oxygen atoms in total. The quantitative estimate of drug-likeness (QED) is 0.365. The van der Waals surface area contributed by atoms with Gasteiger partial charge in [-0.15, -0.1) is 0 Å². The lowest BCUT2D eigenvalue weighted by Gasteiger charge is -2.06. The van der Waals surface area contributed by atoms with Crippen LogP contribution in [0.2, 0.25) is 0 Å². The normalized spacial score (nSPS) is 11.2. The van der Waals surface area contributed by atoms with Crippen molar-refractivity contribution in [2.75, 3.05) is 21.3 Å². The molecule has 0 N–H and O–H groups in total. The van der Waals surface area contributed by atoms with E-state index in [9.17, 15) is 0 Å². The lowest BCUT2D eigenvalue weighted by molar-refractivity contribution is 0.394. The molecule has 0 saturated carbocycles. The minimum absolute atomic E-state index is 0.747. The van der Waals surface area contributed by atoms with Crippen molar-refractivity contribution in [3.05, 3.63) is 77.4 Å². The molecule has 0 aliphatic carbocycles. The highest BCUT2D eigenvalue weighted by Gasteiger charge is 2.14. The maximum Gasteiger partial charge on any atom is 0.142 e. The molecule has 30 heavy (non-hydrogen) atoms. The summed E-state index contributed by atoms with van der Waals surface area (Å²) in [6.45, 7) is 2.08. The van der Waals surface area contributed by atoms with Gasteiger partial charge in [-0.25, -0.2) is 0 Å². The van der Waals surface area contributed by atoms with Crippen LogP contribution in [-0.4, -0.2) is 21.3 Å². The minimum atomic E-state index is 0.747. The Balaban J connectivity index is 1.84. The third-order valence-corrected chi connectivity index (χ3v) is 5.05. The Bertz CT molecular complexity index is 1180. The summed E-state index contributed by atoms with van der Waals surface area (Å²) in [7, 11) is 4.96. The number of benzene rings is 3. The van der Waals surface area contributed by atoms with E-state index in [1.165, 1.54) is 5.56 Å². The molecule has 0 spiro atoms. The van der Waals surface area contributed by atoms with Gasteiger partial charge in [0.15, 0.2) is 0 Å². The Hall–Kier alpha value is -3.66. The topological polar surface area (TPSA) is 40.8 Å². The molecule has 0 aliphatic rings. The first-order chi connectivity index (χ1) is 14.6. The van der Waals surface area contributed by atoms with Gasteiger partial charge in [-0.2, -0.15) is 0 Å². The number of hydrogen-bond donors (Lipinski definition) is 0. The van der Waals surface area contributed by atoms with Crippen molar-refractivity contribution >= 4 is 23.1 Å². The van der Waals surface area contributed by atoms with E-state index in [0.29, 0.717) is 0 Å². The zero-order valence-electron chi connectivity index (χ0n) is 17.6. The zero-order chi connectivity index (χ0) is 21.1. The van der Waals surface area contributed by atoms with Gasteiger partial charge in [0.05, 0.1) is 21.3 Å². The largest absolute Gasteiger partial charge is 0.497 e. The van der Waals surface area contributed by atoms with Gasteiger partial charge in [0.1, 0.15) is 28.6 Å². The van der Waals surface area contributed by atoms with Crippen molar-refractivity contribution in [1.29, 1.82) is 0 Å². The van der Waals surface area contributed by atoms with Crippen molar-refractivity contribution in [2.24, 2.45) is 0 Å². The van der Waals surface area contributed by atoms with Crippen LogP contribution < -0.4 is 14.2 Å². The molecule has 0 saturated heterocycles. The van der Waals surface area contributed by atoms with Crippen LogP contribution >= 0.6 is 0 Å². The summed E-state index contributed by atoms with van der Waals surface area (Å²) in [5, 5.41) is 1.08. The first-order valence-electron chi connectivity index (χ1n) is 9.70. The highest BCUT2D eigenvalue weighted by Crippen LogP contribution is 2.36. The van der Waals surface area contributed by atoms with Gasteiger partial charge in [0.25, 0.3) is 0 Å². The minimum Gasteiger partial charge on any atom is -0.497 e. The van der Waals surface area contributed by atoms with Crippen LogP contribution in [0.4, 0.5) is 0 Å². The van der Waals surface area contributed by atoms with Gasteiger partial charge >= 0.3 is 0 Å². The van der Waals surface area contributed by atoms with Gasteiger partial charge in [0.2, 0.25) is 0 Å². The summed E-state index contributed by atoms with van der Waals surface area (Å²) in [6, 6.07) is 19.9. The average molecular weight is 400 g/mol. The van der Waals surface area contributed by atoms with E-state index in [4.69, 9.17) is 18.6 Å². The van der Waals surface area contributed by atoms with E-state index < -0.39 is 0 Å². The number of rotatable bonds is 6. The summed E-state index contributed by atoms with van der Waals surface area (Å²) in [4.78, 5) is 0. The fourth-order valence-corrected chi connectivity index (χ4v) is 3.46. The first-order valence-corrected chi connectivity index (χ1v) is 9.70. The summed E-state index contributed by atoms with van der Waals surface area (Å²) >= 11 is 0. The van der Waals surface area contributed by atoms with Crippen LogP contribution in [0.5, 0.6) is 17.2 Å². The molecule has 152 valence electrons. The van der Waals surface area contributed by atoms with Crippen LogP contribution in [0, 0.1) is 6.92 Å². The van der Waals surface area contributed by atoms with E-state index in [-0.39, 0.29) is 0 Å². The van der Waals surface area contributed by atoms with Crippen LogP contribution in [0.3, 0.4) is 0 Å². The third kappa shape index (κ3) is 3.90. The van der Waals surface area contributed by atoms with Crippen LogP contribution in [0.15, 0.2) is 65.1 Å². The summed E-state index contributed by atoms with van der Waals surface area (Å²) in [5.41, 5.74) is 5.04. The molecule has 4 rings (SSSR count). The maximum atomic E-state index is 6.25. The molecule has 0 atom stereocenters. The van der Waals surface area contributed by atoms with Gasteiger partial charge in [-0.3, -0.25) is 0 Å². The molecule has 0 bridgehead atoms. The second-order valence-corrected chi connectivity index (χ2v) is 7.05. The molecule has 0 unspecified atom stereocenters. The number of fused-ring (bicyclic) bond motifs is 1. The third-order valence-electron chi connectivity index (χ3n) is 5.05. The average Bonchev–Trinajstić information content (AvgIpc) is 3.15. The number of ether oxygens (including phenoxy) is 3. The van der Waals surface area contributed by atoms with E-state index in [0.717, 1.165) is 50.7 Å². The second kappa shape index (κ2) is 8.37. The van der Waals surface area contributed by atoms with Crippen molar-refractivity contribution in [1.82, 2.24) is 0 Å². The SMILES string of the molecule is COc1ccc(-c2oc3ccc(C)cc3c2C=Cc2cc(OC)cc(OC)c2)cc1. The summed E-state index contributed by atoms with van der Waals surface area (Å²) in [5.74, 6) is 3.13. The Morgan fingerprint density at radius 1 is 0.700 bits per heavy atom. The number of aryl methyl sites for hydroxylation is 1. The van der Waals surface area contributed by atoms with E-state index in [2.05, 4.69) is 25.1 Å².